The molecule has 4 saturated carbocycles. The van der Waals surface area contributed by atoms with Crippen molar-refractivity contribution in [2.45, 2.75) is 136 Å². The standard InChI is InChI=1S/C38H60BNO6/c1-24(11-14-33(43)40-19-20-44-28-10-8-9-26(23-28)39-45-35(2,3)36(4,5)46-39)29-12-13-30-34-31(16-18-38(29,30)7)37(6)17-15-27(41)21-25(37)22-32(34)42/h8-10,23-25,27,29-32,34,41-42H,11-22H2,1-7H3,(H,40,43)/t24-,25+,27-,29-,30+,31+,32+,34?,37+,38-/m1/s1. The van der Waals surface area contributed by atoms with Crippen LogP contribution in [-0.2, 0) is 14.1 Å². The van der Waals surface area contributed by atoms with Crippen LogP contribution >= 0.6 is 0 Å². The molecule has 1 aromatic rings. The first kappa shape index (κ1) is 34.3. The number of amides is 1. The van der Waals surface area contributed by atoms with Crippen LogP contribution in [0.2, 0.25) is 0 Å². The molecule has 5 fully saturated rings. The number of rotatable bonds is 9. The highest BCUT2D eigenvalue weighted by atomic mass is 16.7. The first-order valence-electron chi connectivity index (χ1n) is 18.4. The molecule has 10 atom stereocenters. The summed E-state index contributed by atoms with van der Waals surface area (Å²) in [6, 6.07) is 7.82. The Morgan fingerprint density at radius 3 is 2.41 bits per heavy atom. The third kappa shape index (κ3) is 6.18. The molecule has 0 radical (unpaired) electrons. The quantitative estimate of drug-likeness (QED) is 0.231. The predicted octanol–water partition coefficient (Wildman–Crippen LogP) is 5.89. The zero-order valence-corrected chi connectivity index (χ0v) is 29.5. The molecular weight excluding hydrogens is 577 g/mol. The third-order valence-electron chi connectivity index (χ3n) is 14.3. The van der Waals surface area contributed by atoms with Gasteiger partial charge in [-0.05, 0) is 149 Å². The number of fused-ring (bicyclic) bond motifs is 5. The summed E-state index contributed by atoms with van der Waals surface area (Å²) in [5, 5.41) is 25.0. The molecule has 6 rings (SSSR count). The van der Waals surface area contributed by atoms with Gasteiger partial charge in [0.05, 0.1) is 30.0 Å². The molecule has 0 bridgehead atoms. The summed E-state index contributed by atoms with van der Waals surface area (Å²) in [6.45, 7) is 16.4. The largest absolute Gasteiger partial charge is 0.494 e. The summed E-state index contributed by atoms with van der Waals surface area (Å²) >= 11 is 0. The monoisotopic (exact) mass is 637 g/mol. The van der Waals surface area contributed by atoms with Gasteiger partial charge in [0.15, 0.2) is 0 Å². The lowest BCUT2D eigenvalue weighted by Crippen LogP contribution is -2.58. The molecule has 1 saturated heterocycles. The van der Waals surface area contributed by atoms with Crippen molar-refractivity contribution in [2.24, 2.45) is 46.3 Å². The Bertz CT molecular complexity index is 1240. The predicted molar refractivity (Wildman–Crippen MR) is 182 cm³/mol. The summed E-state index contributed by atoms with van der Waals surface area (Å²) in [4.78, 5) is 12.9. The van der Waals surface area contributed by atoms with Crippen molar-refractivity contribution in [1.29, 1.82) is 0 Å². The number of carbonyl (C=O) groups is 1. The summed E-state index contributed by atoms with van der Waals surface area (Å²) in [6.07, 6.45) is 9.56. The second-order valence-electron chi connectivity index (χ2n) is 17.3. The van der Waals surface area contributed by atoms with E-state index >= 15 is 0 Å². The van der Waals surface area contributed by atoms with Crippen molar-refractivity contribution >= 4 is 18.5 Å². The number of aliphatic hydroxyl groups excluding tert-OH is 2. The van der Waals surface area contributed by atoms with E-state index in [9.17, 15) is 15.0 Å². The van der Waals surface area contributed by atoms with Crippen molar-refractivity contribution in [3.05, 3.63) is 24.3 Å². The van der Waals surface area contributed by atoms with Crippen LogP contribution in [0.25, 0.3) is 0 Å². The molecule has 1 amide bonds. The smallest absolute Gasteiger partial charge is 0.492 e. The van der Waals surface area contributed by atoms with Gasteiger partial charge >= 0.3 is 7.12 Å². The minimum Gasteiger partial charge on any atom is -0.492 e. The van der Waals surface area contributed by atoms with E-state index in [0.717, 1.165) is 43.3 Å². The normalized spacial score (nSPS) is 40.0. The molecule has 1 unspecified atom stereocenters. The van der Waals surface area contributed by atoms with Gasteiger partial charge in [0.2, 0.25) is 5.91 Å². The Hall–Kier alpha value is -1.61. The van der Waals surface area contributed by atoms with Crippen molar-refractivity contribution in [3.8, 4) is 5.75 Å². The van der Waals surface area contributed by atoms with Crippen LogP contribution in [0.3, 0.4) is 0 Å². The Balaban J connectivity index is 0.961. The summed E-state index contributed by atoms with van der Waals surface area (Å²) < 4.78 is 18.3. The van der Waals surface area contributed by atoms with E-state index in [2.05, 4.69) is 26.1 Å². The lowest BCUT2D eigenvalue weighted by molar-refractivity contribution is -0.174. The maximum absolute atomic E-state index is 12.9. The topological polar surface area (TPSA) is 97.3 Å². The third-order valence-corrected chi connectivity index (χ3v) is 14.3. The van der Waals surface area contributed by atoms with E-state index in [0.29, 0.717) is 55.1 Å². The van der Waals surface area contributed by atoms with E-state index in [1.54, 1.807) is 0 Å². The van der Waals surface area contributed by atoms with Gasteiger partial charge in [-0.25, -0.2) is 0 Å². The minimum absolute atomic E-state index is 0.0889. The van der Waals surface area contributed by atoms with Crippen LogP contribution in [0.5, 0.6) is 5.75 Å². The summed E-state index contributed by atoms with van der Waals surface area (Å²) in [5.74, 6) is 3.86. The van der Waals surface area contributed by atoms with E-state index in [-0.39, 0.29) is 28.9 Å². The van der Waals surface area contributed by atoms with Crippen molar-refractivity contribution in [1.82, 2.24) is 5.32 Å². The maximum Gasteiger partial charge on any atom is 0.494 e. The molecule has 0 spiro atoms. The lowest BCUT2D eigenvalue weighted by atomic mass is 9.43. The van der Waals surface area contributed by atoms with Crippen LogP contribution < -0.4 is 15.5 Å². The molecule has 3 N–H and O–H groups in total. The van der Waals surface area contributed by atoms with Gasteiger partial charge in [0.25, 0.3) is 0 Å². The number of nitrogens with one attached hydrogen (secondary N) is 1. The first-order valence-corrected chi connectivity index (χ1v) is 18.4. The molecule has 5 aliphatic rings. The molecule has 0 aromatic heterocycles. The number of carbonyl (C=O) groups excluding carboxylic acids is 1. The number of ether oxygens (including phenoxy) is 1. The molecule has 4 aliphatic carbocycles. The highest BCUT2D eigenvalue weighted by Gasteiger charge is 2.63. The average Bonchev–Trinajstić information content (AvgIpc) is 3.46. The molecule has 1 heterocycles. The van der Waals surface area contributed by atoms with Crippen LogP contribution in [-0.4, -0.2) is 59.8 Å². The van der Waals surface area contributed by atoms with Gasteiger partial charge in [0.1, 0.15) is 12.4 Å². The van der Waals surface area contributed by atoms with Gasteiger partial charge in [0, 0.05) is 6.42 Å². The number of hydrogen-bond donors (Lipinski definition) is 3. The average molecular weight is 638 g/mol. The Labute approximate surface area is 278 Å². The fourth-order valence-corrected chi connectivity index (χ4v) is 10.9. The molecule has 256 valence electrons. The fraction of sp³-hybridized carbons (Fsp3) is 0.816. The Morgan fingerprint density at radius 1 is 0.978 bits per heavy atom. The SMILES string of the molecule is C[C@H](CCC(=O)NCCOc1cccc(B2OC(C)(C)C(C)(C)O2)c1)[C@H]1CC[C@H]2C3[C@@H](O)C[C@@H]4C[C@H](O)CC[C@]4(C)[C@H]3CC[C@]12C. The molecule has 8 heteroatoms. The van der Waals surface area contributed by atoms with Gasteiger partial charge in [-0.3, -0.25) is 4.79 Å². The van der Waals surface area contributed by atoms with Crippen LogP contribution in [0.1, 0.15) is 113 Å². The van der Waals surface area contributed by atoms with E-state index < -0.39 is 18.3 Å². The number of benzene rings is 1. The molecule has 1 aliphatic heterocycles. The molecular formula is C38H60BNO6. The maximum atomic E-state index is 12.9. The van der Waals surface area contributed by atoms with Crippen molar-refractivity contribution in [2.75, 3.05) is 13.2 Å². The number of aliphatic hydroxyl groups is 2. The number of hydrogen-bond acceptors (Lipinski definition) is 6. The second kappa shape index (κ2) is 12.7. The zero-order chi connectivity index (χ0) is 33.1. The minimum atomic E-state index is -0.432. The first-order chi connectivity index (χ1) is 21.6. The Morgan fingerprint density at radius 2 is 1.67 bits per heavy atom. The van der Waals surface area contributed by atoms with Gasteiger partial charge in [-0.1, -0.05) is 32.9 Å². The second-order valence-corrected chi connectivity index (χ2v) is 17.3. The van der Waals surface area contributed by atoms with Crippen molar-refractivity contribution in [3.63, 3.8) is 0 Å². The summed E-state index contributed by atoms with van der Waals surface area (Å²) in [5.41, 5.74) is 0.627. The van der Waals surface area contributed by atoms with Crippen molar-refractivity contribution < 1.29 is 29.1 Å². The molecule has 46 heavy (non-hydrogen) atoms. The Kier molecular flexibility index (Phi) is 9.45. The lowest BCUT2D eigenvalue weighted by Gasteiger charge is -2.62. The van der Waals surface area contributed by atoms with Gasteiger partial charge in [-0.2, -0.15) is 0 Å². The van der Waals surface area contributed by atoms with E-state index in [1.165, 1.54) is 25.7 Å². The van der Waals surface area contributed by atoms with Crippen LogP contribution in [0.15, 0.2) is 24.3 Å². The molecule has 7 nitrogen and oxygen atoms in total. The van der Waals surface area contributed by atoms with E-state index in [4.69, 9.17) is 14.0 Å². The highest BCUT2D eigenvalue weighted by molar-refractivity contribution is 6.62. The summed E-state index contributed by atoms with van der Waals surface area (Å²) in [7, 11) is -0.432. The van der Waals surface area contributed by atoms with Gasteiger partial charge in [-0.15, -0.1) is 0 Å². The van der Waals surface area contributed by atoms with E-state index in [1.807, 2.05) is 52.0 Å². The fourth-order valence-electron chi connectivity index (χ4n) is 10.9. The molecule has 1 aromatic carbocycles. The van der Waals surface area contributed by atoms with Gasteiger partial charge < -0.3 is 29.6 Å². The van der Waals surface area contributed by atoms with Crippen LogP contribution in [0.4, 0.5) is 0 Å². The zero-order valence-electron chi connectivity index (χ0n) is 29.5. The highest BCUT2D eigenvalue weighted by Crippen LogP contribution is 2.68. The van der Waals surface area contributed by atoms with Crippen LogP contribution in [0, 0.1) is 46.3 Å².